The monoisotopic (exact) mass is 470 g/mol. The van der Waals surface area contributed by atoms with E-state index >= 15 is 0 Å². The van der Waals surface area contributed by atoms with Gasteiger partial charge in [0, 0.05) is 30.7 Å². The molecule has 1 N–H and O–H groups in total. The first-order valence-corrected chi connectivity index (χ1v) is 11.2. The second-order valence-electron chi connectivity index (χ2n) is 8.72. The van der Waals surface area contributed by atoms with E-state index in [4.69, 9.17) is 4.74 Å². The van der Waals surface area contributed by atoms with Gasteiger partial charge in [0.25, 0.3) is 17.4 Å². The Labute approximate surface area is 201 Å². The molecule has 1 fully saturated rings. The van der Waals surface area contributed by atoms with E-state index in [-0.39, 0.29) is 29.7 Å². The molecule has 2 aliphatic rings. The van der Waals surface area contributed by atoms with Crippen LogP contribution in [0.3, 0.4) is 0 Å². The predicted molar refractivity (Wildman–Crippen MR) is 128 cm³/mol. The summed E-state index contributed by atoms with van der Waals surface area (Å²) in [5.41, 5.74) is 2.17. The second-order valence-corrected chi connectivity index (χ2v) is 8.72. The van der Waals surface area contributed by atoms with Gasteiger partial charge in [0.05, 0.1) is 16.5 Å². The van der Waals surface area contributed by atoms with Crippen LogP contribution in [0.2, 0.25) is 0 Å². The van der Waals surface area contributed by atoms with E-state index in [1.807, 2.05) is 37.3 Å². The summed E-state index contributed by atoms with van der Waals surface area (Å²) in [6.45, 7) is 2.04. The smallest absolute Gasteiger partial charge is 0.295 e. The minimum absolute atomic E-state index is 0.00344. The maximum atomic E-state index is 13.2. The molecule has 8 heteroatoms. The highest BCUT2D eigenvalue weighted by Gasteiger charge is 2.46. The minimum atomic E-state index is -0.987. The highest BCUT2D eigenvalue weighted by Crippen LogP contribution is 2.42. The molecule has 2 heterocycles. The van der Waals surface area contributed by atoms with E-state index in [2.05, 4.69) is 0 Å². The Morgan fingerprint density at radius 1 is 1.09 bits per heavy atom. The third-order valence-electron chi connectivity index (χ3n) is 6.30. The molecule has 3 aromatic rings. The van der Waals surface area contributed by atoms with E-state index in [1.54, 1.807) is 24.3 Å². The number of hydrogen-bond acceptors (Lipinski definition) is 6. The Morgan fingerprint density at radius 3 is 2.60 bits per heavy atom. The molecule has 5 rings (SSSR count). The largest absolute Gasteiger partial charge is 0.507 e. The molecule has 0 aromatic heterocycles. The molecule has 0 bridgehead atoms. The number of fused-ring (bicyclic) bond motifs is 1. The van der Waals surface area contributed by atoms with E-state index in [0.29, 0.717) is 23.3 Å². The Morgan fingerprint density at radius 2 is 1.86 bits per heavy atom. The molecule has 0 spiro atoms. The zero-order chi connectivity index (χ0) is 24.7. The van der Waals surface area contributed by atoms with Gasteiger partial charge in [-0.15, -0.1) is 0 Å². The zero-order valence-corrected chi connectivity index (χ0v) is 18.9. The fourth-order valence-electron chi connectivity index (χ4n) is 4.70. The molecule has 0 saturated carbocycles. The summed E-state index contributed by atoms with van der Waals surface area (Å²) in [6.07, 6.45) is 0.663. The van der Waals surface area contributed by atoms with Gasteiger partial charge in [-0.1, -0.05) is 42.5 Å². The number of likely N-dealkylation sites (tertiary alicyclic amines) is 1. The van der Waals surface area contributed by atoms with Crippen LogP contribution in [0.4, 0.5) is 5.69 Å². The maximum absolute atomic E-state index is 13.2. The third kappa shape index (κ3) is 4.03. The number of nitro groups is 1. The van der Waals surface area contributed by atoms with Gasteiger partial charge in [-0.2, -0.15) is 0 Å². The van der Waals surface area contributed by atoms with Gasteiger partial charge in [0.1, 0.15) is 17.6 Å². The number of carbonyl (C=O) groups is 2. The van der Waals surface area contributed by atoms with Gasteiger partial charge >= 0.3 is 0 Å². The van der Waals surface area contributed by atoms with E-state index in [0.717, 1.165) is 11.1 Å². The number of nitro benzene ring substituents is 1. The van der Waals surface area contributed by atoms with Crippen molar-refractivity contribution in [2.75, 3.05) is 0 Å². The van der Waals surface area contributed by atoms with Crippen molar-refractivity contribution in [3.63, 3.8) is 0 Å². The van der Waals surface area contributed by atoms with Crippen molar-refractivity contribution in [3.05, 3.63) is 111 Å². The molecule has 176 valence electrons. The fourth-order valence-corrected chi connectivity index (χ4v) is 4.70. The van der Waals surface area contributed by atoms with Crippen LogP contribution in [-0.4, -0.2) is 32.7 Å². The molecule has 1 amide bonds. The van der Waals surface area contributed by atoms with Crippen molar-refractivity contribution in [2.24, 2.45) is 0 Å². The Hall–Kier alpha value is -4.46. The number of aliphatic hydroxyl groups is 1. The predicted octanol–water partition coefficient (Wildman–Crippen LogP) is 4.54. The zero-order valence-electron chi connectivity index (χ0n) is 18.9. The summed E-state index contributed by atoms with van der Waals surface area (Å²) in [6, 6.07) is 19.1. The number of nitrogens with zero attached hydrogens (tertiary/aromatic N) is 2. The molecule has 0 aliphatic carbocycles. The molecule has 0 unspecified atom stereocenters. The lowest BCUT2D eigenvalue weighted by molar-refractivity contribution is -0.384. The molecule has 2 atom stereocenters. The normalized spacial score (nSPS) is 20.5. The molecule has 8 nitrogen and oxygen atoms in total. The standard InChI is InChI=1S/C27H22N2O6/c1-16-12-20-13-19(10-11-22(20)35-16)25(30)23-24(18-8-5-9-21(14-18)29(33)34)28(27(32)26(23)31)15-17-6-3-2-4-7-17/h2-11,13-14,16,24,30H,12,15H2,1H3/t16-,24-/m1/s1. The quantitative estimate of drug-likeness (QED) is 0.193. The number of amides is 1. The van der Waals surface area contributed by atoms with Crippen molar-refractivity contribution in [2.45, 2.75) is 32.0 Å². The van der Waals surface area contributed by atoms with E-state index in [1.165, 1.54) is 23.1 Å². The molecule has 2 aliphatic heterocycles. The lowest BCUT2D eigenvalue weighted by Crippen LogP contribution is -2.29. The van der Waals surface area contributed by atoms with Crippen LogP contribution in [0.25, 0.3) is 5.76 Å². The minimum Gasteiger partial charge on any atom is -0.507 e. The molecular weight excluding hydrogens is 448 g/mol. The van der Waals surface area contributed by atoms with E-state index in [9.17, 15) is 24.8 Å². The number of non-ortho nitro benzene ring substituents is 1. The van der Waals surface area contributed by atoms with Gasteiger partial charge in [0.15, 0.2) is 0 Å². The van der Waals surface area contributed by atoms with Crippen molar-refractivity contribution < 1.29 is 24.4 Å². The lowest BCUT2D eigenvalue weighted by atomic mass is 9.94. The molecule has 1 saturated heterocycles. The number of ketones is 1. The lowest BCUT2D eigenvalue weighted by Gasteiger charge is -2.25. The molecule has 3 aromatic carbocycles. The number of rotatable bonds is 5. The van der Waals surface area contributed by atoms with Crippen molar-refractivity contribution in [1.82, 2.24) is 4.90 Å². The summed E-state index contributed by atoms with van der Waals surface area (Å²) in [7, 11) is 0. The first-order valence-electron chi connectivity index (χ1n) is 11.2. The number of benzene rings is 3. The van der Waals surface area contributed by atoms with Crippen LogP contribution in [0, 0.1) is 10.1 Å². The Bertz CT molecular complexity index is 1380. The average Bonchev–Trinajstić information content (AvgIpc) is 3.35. The van der Waals surface area contributed by atoms with Gasteiger partial charge in [-0.05, 0) is 41.8 Å². The number of carbonyl (C=O) groups excluding carboxylic acids is 2. The highest BCUT2D eigenvalue weighted by atomic mass is 16.6. The van der Waals surface area contributed by atoms with Gasteiger partial charge in [-0.3, -0.25) is 19.7 Å². The topological polar surface area (TPSA) is 110 Å². The van der Waals surface area contributed by atoms with Gasteiger partial charge in [-0.25, -0.2) is 0 Å². The number of aliphatic hydroxyl groups excluding tert-OH is 1. The van der Waals surface area contributed by atoms with Crippen LogP contribution in [0.1, 0.15) is 35.2 Å². The highest BCUT2D eigenvalue weighted by molar-refractivity contribution is 6.46. The molecule has 35 heavy (non-hydrogen) atoms. The van der Waals surface area contributed by atoms with Crippen LogP contribution in [0.5, 0.6) is 5.75 Å². The van der Waals surface area contributed by atoms with Crippen LogP contribution < -0.4 is 4.74 Å². The average molecular weight is 470 g/mol. The van der Waals surface area contributed by atoms with Gasteiger partial charge in [0.2, 0.25) is 0 Å². The second kappa shape index (κ2) is 8.72. The van der Waals surface area contributed by atoms with E-state index < -0.39 is 22.7 Å². The van der Waals surface area contributed by atoms with Crippen LogP contribution >= 0.6 is 0 Å². The summed E-state index contributed by atoms with van der Waals surface area (Å²) < 4.78 is 5.72. The molecular formula is C27H22N2O6. The first-order chi connectivity index (χ1) is 16.8. The SMILES string of the molecule is C[C@@H]1Cc2cc(C(O)=C3C(=O)C(=O)N(Cc4ccccc4)[C@@H]3c3cccc([N+](=O)[O-])c3)ccc2O1. The summed E-state index contributed by atoms with van der Waals surface area (Å²) in [4.78, 5) is 38.6. The number of ether oxygens (including phenoxy) is 1. The van der Waals surface area contributed by atoms with Gasteiger partial charge < -0.3 is 14.7 Å². The third-order valence-corrected chi connectivity index (χ3v) is 6.30. The Kier molecular flexibility index (Phi) is 5.56. The summed E-state index contributed by atoms with van der Waals surface area (Å²) in [5.74, 6) is -1.21. The van der Waals surface area contributed by atoms with Crippen molar-refractivity contribution in [1.29, 1.82) is 0 Å². The summed E-state index contributed by atoms with van der Waals surface area (Å²) in [5, 5.41) is 22.7. The number of Topliss-reactive ketones (excluding diaryl/α,β-unsaturated/α-hetero) is 1. The Balaban J connectivity index is 1.65. The molecule has 0 radical (unpaired) electrons. The van der Waals surface area contributed by atoms with Crippen molar-refractivity contribution in [3.8, 4) is 5.75 Å². The van der Waals surface area contributed by atoms with Crippen LogP contribution in [-0.2, 0) is 22.6 Å². The van der Waals surface area contributed by atoms with Crippen LogP contribution in [0.15, 0.2) is 78.4 Å². The van der Waals surface area contributed by atoms with Crippen molar-refractivity contribution >= 4 is 23.1 Å². The maximum Gasteiger partial charge on any atom is 0.295 e. The summed E-state index contributed by atoms with van der Waals surface area (Å²) >= 11 is 0. The fraction of sp³-hybridized carbons (Fsp3) is 0.185. The number of hydrogen-bond donors (Lipinski definition) is 1. The first kappa shape index (κ1) is 22.3.